The second-order valence-corrected chi connectivity index (χ2v) is 8.93. The second-order valence-electron chi connectivity index (χ2n) is 8.93. The van der Waals surface area contributed by atoms with Crippen LogP contribution in [0.4, 0.5) is 19.0 Å². The number of piperazine rings is 1. The quantitative estimate of drug-likeness (QED) is 0.476. The fraction of sp³-hybridized carbons (Fsp3) is 0.577. The summed E-state index contributed by atoms with van der Waals surface area (Å²) >= 11 is 0. The number of aromatic nitrogens is 2. The summed E-state index contributed by atoms with van der Waals surface area (Å²) < 4.78 is 39.7. The normalized spacial score (nSPS) is 15.5. The minimum atomic E-state index is -4.42. The molecule has 5 nitrogen and oxygen atoms in total. The molecule has 1 unspecified atom stereocenters. The number of aryl methyl sites for hydroxylation is 1. The van der Waals surface area contributed by atoms with E-state index in [0.717, 1.165) is 61.3 Å². The lowest BCUT2D eigenvalue weighted by molar-refractivity contribution is -0.137. The SMILES string of the molecule is CCCCC(CC)C(=O)N1CCN(c2nc(-c3cccc(C(F)(F)F)c3)nc(C)c2CC)CC1. The van der Waals surface area contributed by atoms with E-state index in [2.05, 4.69) is 23.7 Å². The molecule has 2 heterocycles. The van der Waals surface area contributed by atoms with Crippen molar-refractivity contribution in [1.82, 2.24) is 14.9 Å². The second kappa shape index (κ2) is 11.2. The Kier molecular flexibility index (Phi) is 8.55. The van der Waals surface area contributed by atoms with E-state index in [1.54, 1.807) is 6.07 Å². The average molecular weight is 477 g/mol. The summed E-state index contributed by atoms with van der Waals surface area (Å²) in [7, 11) is 0. The van der Waals surface area contributed by atoms with Gasteiger partial charge in [0.2, 0.25) is 5.91 Å². The van der Waals surface area contributed by atoms with Crippen molar-refractivity contribution < 1.29 is 18.0 Å². The van der Waals surface area contributed by atoms with Crippen LogP contribution in [0.5, 0.6) is 0 Å². The predicted molar refractivity (Wildman–Crippen MR) is 129 cm³/mol. The van der Waals surface area contributed by atoms with Crippen LogP contribution >= 0.6 is 0 Å². The zero-order valence-corrected chi connectivity index (χ0v) is 20.6. The molecule has 3 rings (SSSR count). The first kappa shape index (κ1) is 26.0. The van der Waals surface area contributed by atoms with E-state index < -0.39 is 11.7 Å². The molecule has 0 spiro atoms. The molecule has 1 aliphatic heterocycles. The summed E-state index contributed by atoms with van der Waals surface area (Å²) in [5.41, 5.74) is 1.39. The van der Waals surface area contributed by atoms with Gasteiger partial charge >= 0.3 is 6.18 Å². The van der Waals surface area contributed by atoms with Gasteiger partial charge in [0.25, 0.3) is 0 Å². The molecule has 1 fully saturated rings. The topological polar surface area (TPSA) is 49.3 Å². The van der Waals surface area contributed by atoms with E-state index >= 15 is 0 Å². The van der Waals surface area contributed by atoms with Crippen molar-refractivity contribution in [3.8, 4) is 11.4 Å². The van der Waals surface area contributed by atoms with Crippen LogP contribution in [-0.4, -0.2) is 47.0 Å². The van der Waals surface area contributed by atoms with Gasteiger partial charge < -0.3 is 9.80 Å². The van der Waals surface area contributed by atoms with Crippen LogP contribution in [0, 0.1) is 12.8 Å². The molecule has 34 heavy (non-hydrogen) atoms. The highest BCUT2D eigenvalue weighted by Gasteiger charge is 2.31. The first-order valence-corrected chi connectivity index (χ1v) is 12.3. The molecule has 0 bridgehead atoms. The lowest BCUT2D eigenvalue weighted by atomic mass is 9.97. The van der Waals surface area contributed by atoms with Crippen molar-refractivity contribution in [3.63, 3.8) is 0 Å². The van der Waals surface area contributed by atoms with Crippen molar-refractivity contribution in [2.45, 2.75) is 66.0 Å². The number of hydrogen-bond acceptors (Lipinski definition) is 4. The van der Waals surface area contributed by atoms with Gasteiger partial charge in [-0.25, -0.2) is 9.97 Å². The number of rotatable bonds is 8. The summed E-state index contributed by atoms with van der Waals surface area (Å²) in [6.45, 7) is 10.6. The molecule has 1 aromatic heterocycles. The first-order chi connectivity index (χ1) is 16.2. The fourth-order valence-corrected chi connectivity index (χ4v) is 4.57. The van der Waals surface area contributed by atoms with E-state index in [1.807, 2.05) is 18.7 Å². The van der Waals surface area contributed by atoms with Gasteiger partial charge in [0.15, 0.2) is 5.82 Å². The zero-order chi connectivity index (χ0) is 24.9. The van der Waals surface area contributed by atoms with Gasteiger partial charge in [0.1, 0.15) is 5.82 Å². The van der Waals surface area contributed by atoms with Crippen LogP contribution in [-0.2, 0) is 17.4 Å². The molecule has 1 atom stereocenters. The lowest BCUT2D eigenvalue weighted by Crippen LogP contribution is -2.51. The molecule has 0 saturated carbocycles. The van der Waals surface area contributed by atoms with Gasteiger partial charge in [-0.3, -0.25) is 4.79 Å². The van der Waals surface area contributed by atoms with Crippen molar-refractivity contribution in [3.05, 3.63) is 41.1 Å². The van der Waals surface area contributed by atoms with E-state index in [-0.39, 0.29) is 11.8 Å². The number of alkyl halides is 3. The molecule has 1 aliphatic rings. The van der Waals surface area contributed by atoms with Crippen LogP contribution in [0.3, 0.4) is 0 Å². The minimum absolute atomic E-state index is 0.0755. The van der Waals surface area contributed by atoms with Gasteiger partial charge in [-0.15, -0.1) is 0 Å². The number of anilines is 1. The Hall–Kier alpha value is -2.64. The van der Waals surface area contributed by atoms with E-state index in [1.165, 1.54) is 6.07 Å². The fourth-order valence-electron chi connectivity index (χ4n) is 4.57. The third-order valence-corrected chi connectivity index (χ3v) is 6.63. The third kappa shape index (κ3) is 5.88. The highest BCUT2D eigenvalue weighted by atomic mass is 19.4. The molecule has 186 valence electrons. The Morgan fingerprint density at radius 3 is 2.38 bits per heavy atom. The number of halogens is 3. The summed E-state index contributed by atoms with van der Waals surface area (Å²) in [4.78, 5) is 26.3. The Morgan fingerprint density at radius 1 is 1.09 bits per heavy atom. The number of benzene rings is 1. The lowest BCUT2D eigenvalue weighted by Gasteiger charge is -2.38. The van der Waals surface area contributed by atoms with Crippen molar-refractivity contribution in [1.29, 1.82) is 0 Å². The molecule has 0 aliphatic carbocycles. The van der Waals surface area contributed by atoms with Crippen LogP contribution in [0.2, 0.25) is 0 Å². The maximum absolute atomic E-state index is 13.2. The number of hydrogen-bond donors (Lipinski definition) is 0. The molecule has 1 amide bonds. The zero-order valence-electron chi connectivity index (χ0n) is 20.6. The Balaban J connectivity index is 1.83. The standard InChI is InChI=1S/C26H35F3N4O/c1-5-8-10-19(6-2)25(34)33-15-13-32(14-16-33)24-22(7-3)18(4)30-23(31-24)20-11-9-12-21(17-20)26(27,28)29/h9,11-12,17,19H,5-8,10,13-16H2,1-4H3. The molecule has 1 saturated heterocycles. The van der Waals surface area contributed by atoms with Crippen molar-refractivity contribution in [2.75, 3.05) is 31.1 Å². The summed E-state index contributed by atoms with van der Waals surface area (Å²) in [5.74, 6) is 1.36. The Bertz CT molecular complexity index is 984. The first-order valence-electron chi connectivity index (χ1n) is 12.3. The number of unbranched alkanes of at least 4 members (excludes halogenated alkanes) is 1. The number of amides is 1. The molecule has 0 N–H and O–H groups in total. The minimum Gasteiger partial charge on any atom is -0.353 e. The highest BCUT2D eigenvalue weighted by Crippen LogP contribution is 2.33. The number of carbonyl (C=O) groups is 1. The predicted octanol–water partition coefficient (Wildman–Crippen LogP) is 5.90. The van der Waals surface area contributed by atoms with Gasteiger partial charge in [0, 0.05) is 48.9 Å². The Morgan fingerprint density at radius 2 is 1.79 bits per heavy atom. The van der Waals surface area contributed by atoms with Crippen LogP contribution in [0.1, 0.15) is 63.3 Å². The van der Waals surface area contributed by atoms with Crippen molar-refractivity contribution in [2.24, 2.45) is 5.92 Å². The maximum Gasteiger partial charge on any atom is 0.416 e. The molecular formula is C26H35F3N4O. The summed E-state index contributed by atoms with van der Waals surface area (Å²) in [5, 5.41) is 0. The number of carbonyl (C=O) groups excluding carboxylic acids is 1. The average Bonchev–Trinajstić information content (AvgIpc) is 2.83. The maximum atomic E-state index is 13.2. The molecular weight excluding hydrogens is 441 g/mol. The van der Waals surface area contributed by atoms with E-state index in [0.29, 0.717) is 37.6 Å². The third-order valence-electron chi connectivity index (χ3n) is 6.63. The highest BCUT2D eigenvalue weighted by molar-refractivity contribution is 5.79. The van der Waals surface area contributed by atoms with Crippen molar-refractivity contribution >= 4 is 11.7 Å². The smallest absolute Gasteiger partial charge is 0.353 e. The molecule has 8 heteroatoms. The van der Waals surface area contributed by atoms with Gasteiger partial charge in [-0.05, 0) is 38.3 Å². The van der Waals surface area contributed by atoms with Gasteiger partial charge in [-0.2, -0.15) is 13.2 Å². The molecule has 1 aromatic carbocycles. The van der Waals surface area contributed by atoms with Crippen LogP contribution < -0.4 is 4.90 Å². The largest absolute Gasteiger partial charge is 0.416 e. The Labute approximate surface area is 200 Å². The molecule has 0 radical (unpaired) electrons. The van der Waals surface area contributed by atoms with Crippen LogP contribution in [0.15, 0.2) is 24.3 Å². The van der Waals surface area contributed by atoms with E-state index in [9.17, 15) is 18.0 Å². The van der Waals surface area contributed by atoms with Gasteiger partial charge in [0.05, 0.1) is 5.56 Å². The van der Waals surface area contributed by atoms with Gasteiger partial charge in [-0.1, -0.05) is 45.7 Å². The number of nitrogens with zero attached hydrogens (tertiary/aromatic N) is 4. The molecule has 2 aromatic rings. The monoisotopic (exact) mass is 476 g/mol. The van der Waals surface area contributed by atoms with Crippen LogP contribution in [0.25, 0.3) is 11.4 Å². The summed E-state index contributed by atoms with van der Waals surface area (Å²) in [6, 6.07) is 5.15. The van der Waals surface area contributed by atoms with E-state index in [4.69, 9.17) is 4.98 Å². The summed E-state index contributed by atoms with van der Waals surface area (Å²) in [6.07, 6.45) is 0.217.